The predicted molar refractivity (Wildman–Crippen MR) is 117 cm³/mol. The highest BCUT2D eigenvalue weighted by Gasteiger charge is 2.10. The number of rotatable bonds is 4. The van der Waals surface area contributed by atoms with Crippen LogP contribution < -0.4 is 10.9 Å². The normalized spacial score (nSPS) is 10.2. The average molecular weight is 413 g/mol. The van der Waals surface area contributed by atoms with Crippen molar-refractivity contribution in [3.8, 4) is 0 Å². The largest absolute Gasteiger partial charge is 0.277 e. The molecule has 0 aliphatic carbocycles. The van der Waals surface area contributed by atoms with E-state index in [2.05, 4.69) is 10.9 Å². The summed E-state index contributed by atoms with van der Waals surface area (Å²) in [6, 6.07) is 18.6. The van der Waals surface area contributed by atoms with Gasteiger partial charge < -0.3 is 0 Å². The molecular formula is C20H20N4O2S2. The fourth-order valence-corrected chi connectivity index (χ4v) is 2.57. The molecule has 6 nitrogen and oxygen atoms in total. The molecule has 0 aliphatic heterocycles. The van der Waals surface area contributed by atoms with Crippen LogP contribution in [0, 0.1) is 0 Å². The van der Waals surface area contributed by atoms with Crippen molar-refractivity contribution < 1.29 is 9.59 Å². The molecule has 144 valence electrons. The van der Waals surface area contributed by atoms with E-state index in [1.54, 1.807) is 14.1 Å². The van der Waals surface area contributed by atoms with Gasteiger partial charge in [-0.25, -0.2) is 0 Å². The first kappa shape index (κ1) is 21.2. The summed E-state index contributed by atoms with van der Waals surface area (Å²) in [4.78, 5) is 24.9. The van der Waals surface area contributed by atoms with Crippen molar-refractivity contribution in [3.05, 3.63) is 83.9 Å². The molecule has 2 amide bonds. The van der Waals surface area contributed by atoms with Gasteiger partial charge in [0.1, 0.15) is 9.98 Å². The quantitative estimate of drug-likeness (QED) is 0.456. The van der Waals surface area contributed by atoms with Gasteiger partial charge in [0.05, 0.1) is 0 Å². The number of amides is 2. The number of benzene rings is 2. The van der Waals surface area contributed by atoms with Crippen LogP contribution in [0.5, 0.6) is 0 Å². The smallest absolute Gasteiger partial charge is 0.262 e. The number of hydrogen-bond acceptors (Lipinski definition) is 4. The van der Waals surface area contributed by atoms with Crippen LogP contribution >= 0.6 is 24.4 Å². The maximum Gasteiger partial charge on any atom is 0.262 e. The molecular weight excluding hydrogens is 392 g/mol. The van der Waals surface area contributed by atoms with Crippen molar-refractivity contribution in [1.82, 2.24) is 20.9 Å². The zero-order valence-corrected chi connectivity index (χ0v) is 17.1. The first-order valence-electron chi connectivity index (χ1n) is 8.34. The van der Waals surface area contributed by atoms with E-state index in [1.807, 2.05) is 60.7 Å². The van der Waals surface area contributed by atoms with E-state index in [1.165, 1.54) is 10.0 Å². The Kier molecular flexibility index (Phi) is 7.79. The topological polar surface area (TPSA) is 64.7 Å². The Labute approximate surface area is 174 Å². The van der Waals surface area contributed by atoms with Gasteiger partial charge in [0.15, 0.2) is 0 Å². The van der Waals surface area contributed by atoms with Gasteiger partial charge >= 0.3 is 0 Å². The van der Waals surface area contributed by atoms with Crippen molar-refractivity contribution in [3.63, 3.8) is 0 Å². The first-order chi connectivity index (χ1) is 13.4. The molecule has 2 aromatic carbocycles. The second kappa shape index (κ2) is 10.3. The Hall–Kier alpha value is -3.10. The molecule has 2 rings (SSSR count). The minimum atomic E-state index is -0.482. The third kappa shape index (κ3) is 6.26. The molecule has 0 aliphatic rings. The summed E-state index contributed by atoms with van der Waals surface area (Å²) in [5, 5.41) is 2.85. The van der Waals surface area contributed by atoms with Crippen LogP contribution in [0.3, 0.4) is 0 Å². The van der Waals surface area contributed by atoms with Crippen LogP contribution in [0.25, 0.3) is 0 Å². The maximum absolute atomic E-state index is 12.0. The van der Waals surface area contributed by atoms with Crippen LogP contribution in [-0.2, 0) is 9.59 Å². The monoisotopic (exact) mass is 412 g/mol. The summed E-state index contributed by atoms with van der Waals surface area (Å²) in [6.45, 7) is 0. The molecule has 0 saturated heterocycles. The average Bonchev–Trinajstić information content (AvgIpc) is 2.72. The van der Waals surface area contributed by atoms with E-state index in [0.717, 1.165) is 23.3 Å². The number of hydrogen-bond donors (Lipinski definition) is 2. The Balaban J connectivity index is 1.85. The molecule has 0 atom stereocenters. The van der Waals surface area contributed by atoms with Crippen LogP contribution in [-0.4, -0.2) is 45.9 Å². The standard InChI is InChI=1S/C20H20N4O2S2/c1-23(19(27)15-9-5-3-6-10-15)21-17(25)13-14-18(26)22-24(2)20(28)16-11-7-4-8-12-16/h3-14H,1-2H3,(H,21,25)(H,22,26)/b14-13-. The highest BCUT2D eigenvalue weighted by Crippen LogP contribution is 2.04. The van der Waals surface area contributed by atoms with Crippen molar-refractivity contribution in [1.29, 1.82) is 0 Å². The lowest BCUT2D eigenvalue weighted by Crippen LogP contribution is -2.43. The van der Waals surface area contributed by atoms with Gasteiger partial charge in [-0.05, 0) is 0 Å². The van der Waals surface area contributed by atoms with Gasteiger partial charge in [-0.3, -0.25) is 30.5 Å². The number of carbonyl (C=O) groups excluding carboxylic acids is 2. The molecule has 0 heterocycles. The van der Waals surface area contributed by atoms with Crippen LogP contribution in [0.1, 0.15) is 11.1 Å². The lowest BCUT2D eigenvalue weighted by atomic mass is 10.2. The second-order valence-corrected chi connectivity index (χ2v) is 6.52. The lowest BCUT2D eigenvalue weighted by molar-refractivity contribution is -0.121. The maximum atomic E-state index is 12.0. The Morgan fingerprint density at radius 3 is 1.36 bits per heavy atom. The van der Waals surface area contributed by atoms with Crippen molar-refractivity contribution in [2.75, 3.05) is 14.1 Å². The molecule has 0 bridgehead atoms. The van der Waals surface area contributed by atoms with Crippen molar-refractivity contribution in [2.45, 2.75) is 0 Å². The molecule has 0 radical (unpaired) electrons. The van der Waals surface area contributed by atoms with Crippen LogP contribution in [0.4, 0.5) is 0 Å². The first-order valence-corrected chi connectivity index (χ1v) is 9.15. The zero-order chi connectivity index (χ0) is 20.5. The van der Waals surface area contributed by atoms with Crippen molar-refractivity contribution >= 4 is 46.2 Å². The summed E-state index contributed by atoms with van der Waals surface area (Å²) >= 11 is 10.6. The fraction of sp³-hybridized carbons (Fsp3) is 0.100. The van der Waals surface area contributed by atoms with E-state index in [9.17, 15) is 9.59 Å². The van der Waals surface area contributed by atoms with E-state index < -0.39 is 11.8 Å². The van der Waals surface area contributed by atoms with Gasteiger partial charge in [0.2, 0.25) is 0 Å². The number of nitrogens with one attached hydrogen (secondary N) is 2. The summed E-state index contributed by atoms with van der Waals surface area (Å²) in [7, 11) is 3.26. The van der Waals surface area contributed by atoms with Gasteiger partial charge in [-0.15, -0.1) is 0 Å². The van der Waals surface area contributed by atoms with E-state index >= 15 is 0 Å². The number of thiocarbonyl (C=S) groups is 2. The van der Waals surface area contributed by atoms with E-state index in [0.29, 0.717) is 9.98 Å². The molecule has 0 saturated carbocycles. The number of hydrazine groups is 2. The third-order valence-electron chi connectivity index (χ3n) is 3.59. The zero-order valence-electron chi connectivity index (χ0n) is 15.5. The summed E-state index contributed by atoms with van der Waals surface area (Å²) in [5.74, 6) is -0.964. The molecule has 0 unspecified atom stereocenters. The predicted octanol–water partition coefficient (Wildman–Crippen LogP) is 2.22. The molecule has 2 N–H and O–H groups in total. The molecule has 0 fully saturated rings. The summed E-state index contributed by atoms with van der Waals surface area (Å²) in [6.07, 6.45) is 2.25. The van der Waals surface area contributed by atoms with Gasteiger partial charge in [-0.1, -0.05) is 85.1 Å². The second-order valence-electron chi connectivity index (χ2n) is 5.75. The number of nitrogens with zero attached hydrogens (tertiary/aromatic N) is 2. The molecule has 2 aromatic rings. The summed E-state index contributed by atoms with van der Waals surface area (Å²) in [5.41, 5.74) is 6.77. The molecule has 28 heavy (non-hydrogen) atoms. The SMILES string of the molecule is CN(NC(=O)/C=C\C(=O)NN(C)C(=S)c1ccccc1)C(=S)c1ccccc1. The van der Waals surface area contributed by atoms with Gasteiger partial charge in [0.25, 0.3) is 11.8 Å². The van der Waals surface area contributed by atoms with Crippen molar-refractivity contribution in [2.24, 2.45) is 0 Å². The minimum Gasteiger partial charge on any atom is -0.277 e. The number of carbonyl (C=O) groups is 2. The molecule has 8 heteroatoms. The third-order valence-corrected chi connectivity index (χ3v) is 4.61. The highest BCUT2D eigenvalue weighted by molar-refractivity contribution is 7.80. The minimum absolute atomic E-state index is 0.458. The Morgan fingerprint density at radius 2 is 1.04 bits per heavy atom. The van der Waals surface area contributed by atoms with E-state index in [-0.39, 0.29) is 0 Å². The lowest BCUT2D eigenvalue weighted by Gasteiger charge is -2.21. The highest BCUT2D eigenvalue weighted by atomic mass is 32.1. The molecule has 0 spiro atoms. The fourth-order valence-electron chi connectivity index (χ4n) is 2.21. The van der Waals surface area contributed by atoms with Crippen LogP contribution in [0.15, 0.2) is 72.8 Å². The Morgan fingerprint density at radius 1 is 0.714 bits per heavy atom. The van der Waals surface area contributed by atoms with E-state index in [4.69, 9.17) is 24.4 Å². The van der Waals surface area contributed by atoms with Crippen LogP contribution in [0.2, 0.25) is 0 Å². The molecule has 0 aromatic heterocycles. The summed E-state index contributed by atoms with van der Waals surface area (Å²) < 4.78 is 0. The van der Waals surface area contributed by atoms with Gasteiger partial charge in [-0.2, -0.15) is 0 Å². The Bertz CT molecular complexity index is 812. The van der Waals surface area contributed by atoms with Gasteiger partial charge in [0, 0.05) is 37.4 Å².